The zero-order valence-electron chi connectivity index (χ0n) is 10.2. The number of benzene rings is 1. The predicted molar refractivity (Wildman–Crippen MR) is 66.3 cm³/mol. The van der Waals surface area contributed by atoms with Gasteiger partial charge in [0.05, 0.1) is 10.5 Å². The smallest absolute Gasteiger partial charge is 0.600 e. The van der Waals surface area contributed by atoms with Crippen LogP contribution in [0.15, 0.2) is 24.3 Å². The van der Waals surface area contributed by atoms with Crippen molar-refractivity contribution in [2.45, 2.75) is 31.7 Å². The fraction of sp³-hybridized carbons (Fsp3) is 0.385. The molecule has 6 heteroatoms. The summed E-state index contributed by atoms with van der Waals surface area (Å²) in [7, 11) is -1.95. The summed E-state index contributed by atoms with van der Waals surface area (Å²) in [5, 5.41) is 0.503. The van der Waals surface area contributed by atoms with Gasteiger partial charge in [-0.1, -0.05) is 13.3 Å². The number of unbranched alkanes of at least 4 members (excludes halogenated alkanes) is 1. The highest BCUT2D eigenvalue weighted by atomic mass is 35.5. The van der Waals surface area contributed by atoms with Gasteiger partial charge in [0.25, 0.3) is 0 Å². The third kappa shape index (κ3) is 3.39. The van der Waals surface area contributed by atoms with Gasteiger partial charge in [-0.3, -0.25) is 0 Å². The first kappa shape index (κ1) is 16.2. The molecular formula is C13H13ClF4S. The van der Waals surface area contributed by atoms with Gasteiger partial charge in [-0.15, -0.1) is 13.2 Å². The van der Waals surface area contributed by atoms with Crippen LogP contribution in [0, 0.1) is 5.82 Å². The Hall–Kier alpha value is -0.810. The molecule has 1 unspecified atom stereocenters. The van der Waals surface area contributed by atoms with Gasteiger partial charge in [0.15, 0.2) is 9.58 Å². The fourth-order valence-electron chi connectivity index (χ4n) is 1.98. The van der Waals surface area contributed by atoms with Gasteiger partial charge in [0.1, 0.15) is 5.82 Å². The van der Waals surface area contributed by atoms with Crippen molar-refractivity contribution in [3.63, 3.8) is 0 Å². The lowest BCUT2D eigenvalue weighted by atomic mass is 10.2. The van der Waals surface area contributed by atoms with E-state index >= 15 is 0 Å². The molecule has 0 saturated carbocycles. The van der Waals surface area contributed by atoms with Crippen LogP contribution >= 0.6 is 10.5 Å². The first-order valence-electron chi connectivity index (χ1n) is 5.74. The number of hydrogen-bond donors (Lipinski definition) is 0. The van der Waals surface area contributed by atoms with Gasteiger partial charge in [-0.25, -0.2) is 4.39 Å². The molecule has 2 aromatic rings. The molecule has 0 fully saturated rings. The Morgan fingerprint density at radius 2 is 1.84 bits per heavy atom. The molecule has 0 aliphatic carbocycles. The molecule has 1 heterocycles. The van der Waals surface area contributed by atoms with E-state index in [9.17, 15) is 17.6 Å². The number of hydrogen-bond acceptors (Lipinski definition) is 0. The average molecular weight is 313 g/mol. The number of halogens is 5. The maximum atomic E-state index is 13.1. The molecule has 1 aromatic heterocycles. The van der Waals surface area contributed by atoms with Gasteiger partial charge in [-0.2, -0.15) is 0 Å². The standard InChI is InChI=1S/C13H13F4S.ClH/c1-2-3-4-11-7-9-5-6-10(14)8-12(9)18(11)13(15,16)17;/h5-8H,2-4H2,1H3;1H/q+1;/p-1. The Balaban J connectivity index is 0.00000180. The van der Waals surface area contributed by atoms with Crippen molar-refractivity contribution >= 4 is 20.6 Å². The van der Waals surface area contributed by atoms with Crippen molar-refractivity contribution in [1.82, 2.24) is 0 Å². The summed E-state index contributed by atoms with van der Waals surface area (Å²) >= 11 is 0. The van der Waals surface area contributed by atoms with Crippen LogP contribution in [-0.2, 0) is 11.9 Å². The van der Waals surface area contributed by atoms with E-state index in [1.165, 1.54) is 12.1 Å². The van der Waals surface area contributed by atoms with Crippen molar-refractivity contribution in [2.75, 3.05) is 0 Å². The number of alkyl halides is 3. The molecule has 0 aliphatic heterocycles. The van der Waals surface area contributed by atoms with E-state index in [0.717, 1.165) is 18.9 Å². The molecule has 0 saturated heterocycles. The third-order valence-corrected chi connectivity index (χ3v) is 4.89. The quantitative estimate of drug-likeness (QED) is 0.603. The Morgan fingerprint density at radius 3 is 2.42 bits per heavy atom. The van der Waals surface area contributed by atoms with Crippen LogP contribution in [0.3, 0.4) is 0 Å². The molecule has 0 radical (unpaired) electrons. The van der Waals surface area contributed by atoms with Gasteiger partial charge < -0.3 is 12.4 Å². The van der Waals surface area contributed by atoms with Crippen molar-refractivity contribution < 1.29 is 30.0 Å². The lowest BCUT2D eigenvalue weighted by Gasteiger charge is -1.99. The molecule has 1 aromatic carbocycles. The highest BCUT2D eigenvalue weighted by Gasteiger charge is 2.47. The molecule has 0 spiro atoms. The summed E-state index contributed by atoms with van der Waals surface area (Å²) in [4.78, 5) is 0.380. The van der Waals surface area contributed by atoms with Crippen molar-refractivity contribution in [3.05, 3.63) is 35.0 Å². The zero-order valence-corrected chi connectivity index (χ0v) is 11.8. The normalized spacial score (nSPS) is 12.6. The Bertz CT molecular complexity index is 560. The van der Waals surface area contributed by atoms with Crippen molar-refractivity contribution in [3.8, 4) is 0 Å². The van der Waals surface area contributed by atoms with Crippen molar-refractivity contribution in [1.29, 1.82) is 0 Å². The van der Waals surface area contributed by atoms with Gasteiger partial charge in [0.2, 0.25) is 0 Å². The molecule has 0 bridgehead atoms. The zero-order chi connectivity index (χ0) is 13.3. The summed E-state index contributed by atoms with van der Waals surface area (Å²) in [6.45, 7) is 1.94. The second kappa shape index (κ2) is 6.09. The van der Waals surface area contributed by atoms with Crippen LogP contribution in [-0.4, -0.2) is 0 Å². The predicted octanol–water partition coefficient (Wildman–Crippen LogP) is 2.55. The van der Waals surface area contributed by atoms with E-state index in [2.05, 4.69) is 0 Å². The van der Waals surface area contributed by atoms with Crippen molar-refractivity contribution in [2.24, 2.45) is 0 Å². The van der Waals surface area contributed by atoms with Gasteiger partial charge in [-0.05, 0) is 18.6 Å². The SMILES string of the molecule is CCCCc1cc2ccc(F)cc2[s+]1C(F)(F)F.[Cl-]. The number of fused-ring (bicyclic) bond motifs is 1. The van der Waals surface area contributed by atoms with E-state index < -0.39 is 21.8 Å². The third-order valence-electron chi connectivity index (χ3n) is 2.78. The van der Waals surface area contributed by atoms with E-state index in [-0.39, 0.29) is 17.1 Å². The molecule has 2 rings (SSSR count). The molecule has 0 amide bonds. The Kier molecular flexibility index (Phi) is 5.21. The maximum Gasteiger partial charge on any atom is 0.600 e. The molecule has 0 aliphatic rings. The van der Waals surface area contributed by atoms with Crippen LogP contribution in [0.25, 0.3) is 10.1 Å². The number of thiophene rings is 1. The minimum Gasteiger partial charge on any atom is -1.00 e. The lowest BCUT2D eigenvalue weighted by Crippen LogP contribution is -3.00. The molecular weight excluding hydrogens is 300 g/mol. The first-order valence-corrected chi connectivity index (χ1v) is 6.97. The van der Waals surface area contributed by atoms with Crippen LogP contribution in [0.4, 0.5) is 17.6 Å². The molecule has 106 valence electrons. The van der Waals surface area contributed by atoms with E-state index in [1.54, 1.807) is 6.07 Å². The molecule has 0 nitrogen and oxygen atoms in total. The second-order valence-electron chi connectivity index (χ2n) is 4.15. The molecule has 0 N–H and O–H groups in total. The van der Waals surface area contributed by atoms with Crippen LogP contribution in [0.1, 0.15) is 24.6 Å². The van der Waals surface area contributed by atoms with Crippen LogP contribution < -0.4 is 12.4 Å². The highest BCUT2D eigenvalue weighted by Crippen LogP contribution is 2.51. The topological polar surface area (TPSA) is 0 Å². The van der Waals surface area contributed by atoms with Crippen LogP contribution in [0.5, 0.6) is 0 Å². The summed E-state index contributed by atoms with van der Waals surface area (Å²) in [6.07, 6.45) is 1.99. The number of rotatable bonds is 3. The lowest BCUT2D eigenvalue weighted by molar-refractivity contribution is -0.0867. The Morgan fingerprint density at radius 1 is 1.16 bits per heavy atom. The largest absolute Gasteiger partial charge is 1.00 e. The van der Waals surface area contributed by atoms with Gasteiger partial charge in [0, 0.05) is 23.9 Å². The second-order valence-corrected chi connectivity index (χ2v) is 6.19. The minimum atomic E-state index is -4.32. The average Bonchev–Trinajstić information content (AvgIpc) is 2.63. The van der Waals surface area contributed by atoms with Gasteiger partial charge >= 0.3 is 5.51 Å². The monoisotopic (exact) mass is 312 g/mol. The Labute approximate surface area is 117 Å². The first-order chi connectivity index (χ1) is 8.43. The van der Waals surface area contributed by atoms with Crippen LogP contribution in [0.2, 0.25) is 0 Å². The maximum absolute atomic E-state index is 13.1. The summed E-state index contributed by atoms with van der Waals surface area (Å²) in [5.41, 5.74) is -4.32. The molecule has 19 heavy (non-hydrogen) atoms. The summed E-state index contributed by atoms with van der Waals surface area (Å²) < 4.78 is 52.5. The molecule has 1 atom stereocenters. The van der Waals surface area contributed by atoms with E-state index in [0.29, 0.717) is 16.7 Å². The van der Waals surface area contributed by atoms with E-state index in [4.69, 9.17) is 0 Å². The summed E-state index contributed by atoms with van der Waals surface area (Å²) in [6, 6.07) is 5.22. The minimum absolute atomic E-state index is 0. The highest BCUT2D eigenvalue weighted by molar-refractivity contribution is 7.38. The number of aryl methyl sites for hydroxylation is 1. The van der Waals surface area contributed by atoms with E-state index in [1.807, 2.05) is 6.92 Å². The summed E-state index contributed by atoms with van der Waals surface area (Å²) in [5.74, 6) is -0.611. The fourth-order valence-corrected chi connectivity index (χ4v) is 3.99.